The number of imide groups is 2. The number of alkyl halides is 3. The van der Waals surface area contributed by atoms with E-state index in [0.29, 0.717) is 23.1 Å². The molecule has 0 bridgehead atoms. The predicted molar refractivity (Wildman–Crippen MR) is 208 cm³/mol. The van der Waals surface area contributed by atoms with Crippen molar-refractivity contribution in [3.63, 3.8) is 0 Å². The first-order valence-electron chi connectivity index (χ1n) is 19.8. The number of aromatic nitrogens is 2. The first-order valence-corrected chi connectivity index (χ1v) is 19.8. The highest BCUT2D eigenvalue weighted by atomic mass is 19.4. The van der Waals surface area contributed by atoms with Crippen molar-refractivity contribution < 1.29 is 37.1 Å². The van der Waals surface area contributed by atoms with E-state index in [1.54, 1.807) is 38.4 Å². The number of hydrogen-bond acceptors (Lipinski definition) is 10. The van der Waals surface area contributed by atoms with Crippen molar-refractivity contribution in [2.24, 2.45) is 5.41 Å². The molecule has 0 saturated carbocycles. The third kappa shape index (κ3) is 6.69. The summed E-state index contributed by atoms with van der Waals surface area (Å²) >= 11 is 0. The zero-order chi connectivity index (χ0) is 41.6. The van der Waals surface area contributed by atoms with Gasteiger partial charge in [-0.25, -0.2) is 4.85 Å². The van der Waals surface area contributed by atoms with Gasteiger partial charge in [0.1, 0.15) is 11.6 Å². The molecule has 6 aliphatic rings. The molecule has 1 unspecified atom stereocenters. The van der Waals surface area contributed by atoms with E-state index in [1.807, 2.05) is 6.07 Å². The summed E-state index contributed by atoms with van der Waals surface area (Å²) < 4.78 is 41.9. The normalized spacial score (nSPS) is 22.8. The Bertz CT molecular complexity index is 2310. The van der Waals surface area contributed by atoms with E-state index in [4.69, 9.17) is 6.57 Å². The van der Waals surface area contributed by atoms with Crippen molar-refractivity contribution in [2.45, 2.75) is 69.4 Å². The monoisotopic (exact) mass is 812 g/mol. The van der Waals surface area contributed by atoms with Crippen LogP contribution in [0.15, 0.2) is 48.8 Å². The SMILES string of the molecule is [C-]#[N+]c1ccc(NC(=O)C(C)(C)n2cc(N3CC(N4CC5(CCN(C6CN(c7ccc8c(c7)C(=O)N(C7CCC(=O)NC7=O)C8=O)C6)CC5)C4)C3)cn2)cc1C(F)(F)F. The molecule has 5 saturated heterocycles. The number of benzene rings is 2. The van der Waals surface area contributed by atoms with Crippen LogP contribution in [0.2, 0.25) is 0 Å². The number of hydrogen-bond donors (Lipinski definition) is 2. The molecule has 1 spiro atoms. The summed E-state index contributed by atoms with van der Waals surface area (Å²) in [6.45, 7) is 17.8. The fourth-order valence-corrected chi connectivity index (χ4v) is 9.31. The summed E-state index contributed by atoms with van der Waals surface area (Å²) in [4.78, 5) is 77.1. The number of fused-ring (bicyclic) bond motifs is 1. The Morgan fingerprint density at radius 3 is 2.22 bits per heavy atom. The molecule has 2 aromatic carbocycles. The summed E-state index contributed by atoms with van der Waals surface area (Å²) in [5, 5.41) is 9.22. The second-order valence-corrected chi connectivity index (χ2v) is 17.2. The Morgan fingerprint density at radius 1 is 0.898 bits per heavy atom. The summed E-state index contributed by atoms with van der Waals surface area (Å²) in [5.41, 5.74) is -0.252. The van der Waals surface area contributed by atoms with Crippen LogP contribution in [0, 0.1) is 12.0 Å². The fourth-order valence-electron chi connectivity index (χ4n) is 9.31. The number of rotatable bonds is 8. The van der Waals surface area contributed by atoms with Crippen molar-refractivity contribution in [1.82, 2.24) is 29.8 Å². The molecule has 0 aliphatic carbocycles. The van der Waals surface area contributed by atoms with Crippen LogP contribution < -0.4 is 20.4 Å². The molecule has 1 aromatic heterocycles. The van der Waals surface area contributed by atoms with Crippen LogP contribution in [0.4, 0.5) is 35.9 Å². The lowest BCUT2D eigenvalue weighted by molar-refractivity contribution is -0.137. The molecule has 3 aromatic rings. The molecule has 5 fully saturated rings. The van der Waals surface area contributed by atoms with E-state index in [1.165, 1.54) is 10.7 Å². The lowest BCUT2D eigenvalue weighted by Crippen LogP contribution is -2.71. The van der Waals surface area contributed by atoms with E-state index >= 15 is 0 Å². The molecule has 5 amide bonds. The molecule has 1 atom stereocenters. The van der Waals surface area contributed by atoms with E-state index < -0.39 is 58.5 Å². The van der Waals surface area contributed by atoms with Crippen LogP contribution in [-0.2, 0) is 26.1 Å². The van der Waals surface area contributed by atoms with Crippen molar-refractivity contribution in [2.75, 3.05) is 67.5 Å². The van der Waals surface area contributed by atoms with Crippen LogP contribution in [0.25, 0.3) is 4.85 Å². The second kappa shape index (κ2) is 13.9. The zero-order valence-corrected chi connectivity index (χ0v) is 32.6. The minimum Gasteiger partial charge on any atom is -0.368 e. The molecule has 18 heteroatoms. The number of piperidine rings is 2. The van der Waals surface area contributed by atoms with Gasteiger partial charge < -0.3 is 15.1 Å². The molecule has 0 radical (unpaired) electrons. The van der Waals surface area contributed by atoms with Gasteiger partial charge in [-0.1, -0.05) is 6.07 Å². The second-order valence-electron chi connectivity index (χ2n) is 17.2. The maximum absolute atomic E-state index is 13.5. The maximum atomic E-state index is 13.5. The third-order valence-electron chi connectivity index (χ3n) is 13.2. The number of carbonyl (C=O) groups is 5. The van der Waals surface area contributed by atoms with Crippen molar-refractivity contribution in [3.05, 3.63) is 76.9 Å². The van der Waals surface area contributed by atoms with Gasteiger partial charge in [0.15, 0.2) is 5.69 Å². The number of amides is 5. The molecule has 308 valence electrons. The van der Waals surface area contributed by atoms with Gasteiger partial charge in [0.2, 0.25) is 11.8 Å². The molecule has 15 nitrogen and oxygen atoms in total. The Morgan fingerprint density at radius 2 is 1.56 bits per heavy atom. The standard InChI is InChI=1S/C41H43F3N10O5/c1-39(2,38(59)47-24-4-7-32(45-3)31(14-24)41(42,43)44)53-21-26(16-46-53)51-19-28(20-51)52-22-40(23-52)10-12-49(13-11-40)27-17-50(18-27)25-5-6-29-30(15-25)37(58)54(36(29)57)33-8-9-34(55)48-35(33)56/h4-7,14-16,21,27-28,33H,8-13,17-20,22-23H2,1-2H3,(H,47,59)(H,48,55,56). The van der Waals surface area contributed by atoms with Gasteiger partial charge in [0, 0.05) is 75.3 Å². The van der Waals surface area contributed by atoms with Crippen LogP contribution in [-0.4, -0.2) is 124 Å². The first-order chi connectivity index (χ1) is 28.0. The van der Waals surface area contributed by atoms with Gasteiger partial charge in [-0.3, -0.25) is 48.7 Å². The number of likely N-dealkylation sites (tertiary alicyclic amines) is 2. The number of nitrogens with one attached hydrogen (secondary N) is 2. The Kier molecular flexibility index (Phi) is 9.12. The van der Waals surface area contributed by atoms with Crippen molar-refractivity contribution >= 4 is 52.3 Å². The molecule has 6 aliphatic heterocycles. The highest BCUT2D eigenvalue weighted by Crippen LogP contribution is 2.44. The first kappa shape index (κ1) is 38.7. The van der Waals surface area contributed by atoms with E-state index in [0.717, 1.165) is 93.6 Å². The van der Waals surface area contributed by atoms with Crippen molar-refractivity contribution in [3.8, 4) is 0 Å². The van der Waals surface area contributed by atoms with Gasteiger partial charge in [-0.2, -0.15) is 18.3 Å². The van der Waals surface area contributed by atoms with Gasteiger partial charge in [0.05, 0.1) is 35.1 Å². The largest absolute Gasteiger partial charge is 0.407 e. The van der Waals surface area contributed by atoms with Crippen LogP contribution in [0.1, 0.15) is 65.8 Å². The minimum absolute atomic E-state index is 0.0526. The highest BCUT2D eigenvalue weighted by molar-refractivity contribution is 6.23. The zero-order valence-electron chi connectivity index (χ0n) is 32.6. The van der Waals surface area contributed by atoms with Gasteiger partial charge in [-0.15, -0.1) is 0 Å². The number of anilines is 3. The van der Waals surface area contributed by atoms with E-state index in [2.05, 4.69) is 40.2 Å². The number of nitrogens with zero attached hydrogens (tertiary/aromatic N) is 8. The highest BCUT2D eigenvalue weighted by Gasteiger charge is 2.51. The van der Waals surface area contributed by atoms with Crippen LogP contribution in [0.3, 0.4) is 0 Å². The quantitative estimate of drug-likeness (QED) is 0.255. The summed E-state index contributed by atoms with van der Waals surface area (Å²) in [5.74, 6) is -2.57. The molecule has 9 rings (SSSR count). The molecule has 7 heterocycles. The topological polar surface area (TPSA) is 148 Å². The van der Waals surface area contributed by atoms with E-state index in [-0.39, 0.29) is 24.1 Å². The smallest absolute Gasteiger partial charge is 0.368 e. The molecular weight excluding hydrogens is 770 g/mol. The Balaban J connectivity index is 0.720. The molecular formula is C41H43F3N10O5. The number of carbonyl (C=O) groups excluding carboxylic acids is 5. The minimum atomic E-state index is -4.73. The molecule has 2 N–H and O–H groups in total. The van der Waals surface area contributed by atoms with Crippen LogP contribution in [0.5, 0.6) is 0 Å². The van der Waals surface area contributed by atoms with Gasteiger partial charge in [0.25, 0.3) is 17.7 Å². The summed E-state index contributed by atoms with van der Waals surface area (Å²) in [6.07, 6.45) is 1.23. The van der Waals surface area contributed by atoms with Crippen LogP contribution >= 0.6 is 0 Å². The number of halogens is 3. The summed E-state index contributed by atoms with van der Waals surface area (Å²) in [7, 11) is 0. The third-order valence-corrected chi connectivity index (χ3v) is 13.2. The summed E-state index contributed by atoms with van der Waals surface area (Å²) in [6, 6.07) is 8.23. The lowest BCUT2D eigenvalue weighted by Gasteiger charge is -2.61. The van der Waals surface area contributed by atoms with E-state index in [9.17, 15) is 37.1 Å². The Labute approximate surface area is 337 Å². The lowest BCUT2D eigenvalue weighted by atomic mass is 9.70. The molecule has 59 heavy (non-hydrogen) atoms. The van der Waals surface area contributed by atoms with Gasteiger partial charge in [-0.05, 0) is 81.9 Å². The Hall–Kier alpha value is -5.80. The predicted octanol–water partition coefficient (Wildman–Crippen LogP) is 3.70. The van der Waals surface area contributed by atoms with Gasteiger partial charge >= 0.3 is 6.18 Å². The maximum Gasteiger partial charge on any atom is 0.407 e. The average molecular weight is 813 g/mol. The fraction of sp³-hybridized carbons (Fsp3) is 0.488. The average Bonchev–Trinajstić information content (AvgIpc) is 3.73. The van der Waals surface area contributed by atoms with Crippen molar-refractivity contribution in [1.29, 1.82) is 0 Å².